The first-order valence-electron chi connectivity index (χ1n) is 10.6. The fraction of sp³-hybridized carbons (Fsp3) is 0.348. The van der Waals surface area contributed by atoms with Gasteiger partial charge >= 0.3 is 0 Å². The van der Waals surface area contributed by atoms with Crippen LogP contribution in [0.25, 0.3) is 10.9 Å². The maximum atomic E-state index is 13.8. The van der Waals surface area contributed by atoms with Gasteiger partial charge in [0, 0.05) is 25.0 Å². The third-order valence-corrected chi connectivity index (χ3v) is 5.62. The molecule has 4 rings (SSSR count). The Morgan fingerprint density at radius 1 is 1.19 bits per heavy atom. The molecule has 8 nitrogen and oxygen atoms in total. The smallest absolute Gasteiger partial charge is 0.273 e. The van der Waals surface area contributed by atoms with Gasteiger partial charge < -0.3 is 15.4 Å². The number of nitrogens with zero attached hydrogens (tertiary/aromatic N) is 2. The molecule has 0 spiro atoms. The SMILES string of the molecule is CC(NC(=O)c1n[nH]c2ccccc12)C(=O)NCC(c1cccc(F)c1)N1CCOCC1. The Balaban J connectivity index is 1.40. The standard InChI is InChI=1S/C23H26FN5O3/c1-15(26-23(31)21-18-7-2-3-8-19(18)27-28-21)22(30)25-14-20(29-9-11-32-12-10-29)16-5-4-6-17(24)13-16/h2-8,13,15,20H,9-12,14H2,1H3,(H,25,30)(H,26,31)(H,27,28). The number of hydrogen-bond donors (Lipinski definition) is 3. The van der Waals surface area contributed by atoms with Gasteiger partial charge in [-0.1, -0.05) is 30.3 Å². The highest BCUT2D eigenvalue weighted by atomic mass is 19.1. The minimum atomic E-state index is -0.768. The third kappa shape index (κ3) is 4.95. The highest BCUT2D eigenvalue weighted by Crippen LogP contribution is 2.22. The molecule has 3 N–H and O–H groups in total. The molecule has 168 valence electrons. The van der Waals surface area contributed by atoms with Crippen molar-refractivity contribution in [1.29, 1.82) is 0 Å². The second kappa shape index (κ2) is 9.88. The highest BCUT2D eigenvalue weighted by molar-refractivity contribution is 6.05. The minimum Gasteiger partial charge on any atom is -0.379 e. The lowest BCUT2D eigenvalue weighted by molar-refractivity contribution is -0.122. The zero-order valence-corrected chi connectivity index (χ0v) is 17.8. The Hall–Kier alpha value is -3.30. The normalized spacial score (nSPS) is 16.4. The van der Waals surface area contributed by atoms with Gasteiger partial charge in [0.05, 0.1) is 24.8 Å². The van der Waals surface area contributed by atoms with Crippen molar-refractivity contribution < 1.29 is 18.7 Å². The number of carbonyl (C=O) groups excluding carboxylic acids is 2. The number of ether oxygens (including phenoxy) is 1. The Morgan fingerprint density at radius 3 is 2.75 bits per heavy atom. The van der Waals surface area contributed by atoms with E-state index in [9.17, 15) is 14.0 Å². The van der Waals surface area contributed by atoms with Gasteiger partial charge in [-0.15, -0.1) is 0 Å². The molecule has 2 heterocycles. The molecule has 1 aliphatic heterocycles. The lowest BCUT2D eigenvalue weighted by Crippen LogP contribution is -2.48. The van der Waals surface area contributed by atoms with Crippen LogP contribution >= 0.6 is 0 Å². The number of carbonyl (C=O) groups is 2. The molecule has 0 bridgehead atoms. The van der Waals surface area contributed by atoms with E-state index in [1.807, 2.05) is 24.3 Å². The molecule has 1 fully saturated rings. The van der Waals surface area contributed by atoms with Crippen molar-refractivity contribution in [1.82, 2.24) is 25.7 Å². The van der Waals surface area contributed by atoms with Crippen LogP contribution in [0, 0.1) is 5.82 Å². The van der Waals surface area contributed by atoms with Gasteiger partial charge in [-0.3, -0.25) is 19.6 Å². The van der Waals surface area contributed by atoms with Crippen LogP contribution in [-0.4, -0.2) is 65.8 Å². The maximum Gasteiger partial charge on any atom is 0.273 e. The van der Waals surface area contributed by atoms with E-state index < -0.39 is 11.9 Å². The van der Waals surface area contributed by atoms with Gasteiger partial charge in [0.1, 0.15) is 11.9 Å². The predicted molar refractivity (Wildman–Crippen MR) is 118 cm³/mol. The summed E-state index contributed by atoms with van der Waals surface area (Å²) in [5.41, 5.74) is 1.77. The van der Waals surface area contributed by atoms with E-state index in [1.54, 1.807) is 19.1 Å². The monoisotopic (exact) mass is 439 g/mol. The van der Waals surface area contributed by atoms with Gasteiger partial charge in [-0.25, -0.2) is 4.39 Å². The molecular weight excluding hydrogens is 413 g/mol. The molecule has 32 heavy (non-hydrogen) atoms. The second-order valence-electron chi connectivity index (χ2n) is 7.78. The van der Waals surface area contributed by atoms with Crippen LogP contribution in [-0.2, 0) is 9.53 Å². The Morgan fingerprint density at radius 2 is 1.97 bits per heavy atom. The fourth-order valence-corrected chi connectivity index (χ4v) is 3.88. The van der Waals surface area contributed by atoms with Gasteiger partial charge in [0.15, 0.2) is 5.69 Å². The summed E-state index contributed by atoms with van der Waals surface area (Å²) >= 11 is 0. The van der Waals surface area contributed by atoms with Crippen LogP contribution in [0.2, 0.25) is 0 Å². The molecule has 1 aliphatic rings. The molecule has 2 aromatic carbocycles. The first kappa shape index (κ1) is 21.9. The number of halogens is 1. The van der Waals surface area contributed by atoms with Crippen LogP contribution in [0.3, 0.4) is 0 Å². The first-order valence-corrected chi connectivity index (χ1v) is 10.6. The summed E-state index contributed by atoms with van der Waals surface area (Å²) in [6.07, 6.45) is 0. The van der Waals surface area contributed by atoms with E-state index in [1.165, 1.54) is 12.1 Å². The van der Waals surface area contributed by atoms with E-state index in [0.717, 1.165) is 11.1 Å². The number of benzene rings is 2. The lowest BCUT2D eigenvalue weighted by Gasteiger charge is -2.35. The van der Waals surface area contributed by atoms with Crippen LogP contribution in [0.1, 0.15) is 29.0 Å². The fourth-order valence-electron chi connectivity index (χ4n) is 3.88. The first-order chi connectivity index (χ1) is 15.5. The van der Waals surface area contributed by atoms with Crippen LogP contribution < -0.4 is 10.6 Å². The third-order valence-electron chi connectivity index (χ3n) is 5.62. The summed E-state index contributed by atoms with van der Waals surface area (Å²) in [5.74, 6) is -1.08. The molecule has 3 aromatic rings. The lowest BCUT2D eigenvalue weighted by atomic mass is 10.0. The Labute approximate surface area is 185 Å². The van der Waals surface area contributed by atoms with Gasteiger partial charge in [-0.05, 0) is 30.7 Å². The molecule has 1 aromatic heterocycles. The molecular formula is C23H26FN5O3. The van der Waals surface area contributed by atoms with Gasteiger partial charge in [0.25, 0.3) is 5.91 Å². The van der Waals surface area contributed by atoms with E-state index >= 15 is 0 Å². The van der Waals surface area contributed by atoms with Crippen LogP contribution in [0.15, 0.2) is 48.5 Å². The highest BCUT2D eigenvalue weighted by Gasteiger charge is 2.25. The quantitative estimate of drug-likeness (QED) is 0.523. The summed E-state index contributed by atoms with van der Waals surface area (Å²) in [6, 6.07) is 12.7. The summed E-state index contributed by atoms with van der Waals surface area (Å²) < 4.78 is 19.2. The number of amides is 2. The van der Waals surface area contributed by atoms with Gasteiger partial charge in [-0.2, -0.15) is 5.10 Å². The summed E-state index contributed by atoms with van der Waals surface area (Å²) in [4.78, 5) is 27.5. The Bertz CT molecular complexity index is 1100. The number of hydrogen-bond acceptors (Lipinski definition) is 5. The second-order valence-corrected chi connectivity index (χ2v) is 7.78. The van der Waals surface area contributed by atoms with Crippen LogP contribution in [0.5, 0.6) is 0 Å². The average Bonchev–Trinajstić information content (AvgIpc) is 3.24. The molecule has 9 heteroatoms. The van der Waals surface area contributed by atoms with Crippen molar-refractivity contribution in [2.24, 2.45) is 0 Å². The molecule has 0 radical (unpaired) electrons. The number of H-pyrrole nitrogens is 1. The summed E-state index contributed by atoms with van der Waals surface area (Å²) in [6.45, 7) is 4.46. The number of morpholine rings is 1. The van der Waals surface area contributed by atoms with Gasteiger partial charge in [0.2, 0.25) is 5.91 Å². The van der Waals surface area contributed by atoms with Crippen molar-refractivity contribution in [3.05, 3.63) is 65.6 Å². The largest absolute Gasteiger partial charge is 0.379 e. The van der Waals surface area contributed by atoms with Crippen LogP contribution in [0.4, 0.5) is 4.39 Å². The molecule has 0 aliphatic carbocycles. The number of para-hydroxylation sites is 1. The minimum absolute atomic E-state index is 0.197. The van der Waals surface area contributed by atoms with Crippen molar-refractivity contribution >= 4 is 22.7 Å². The number of aromatic amines is 1. The summed E-state index contributed by atoms with van der Waals surface area (Å²) in [5, 5.41) is 13.2. The molecule has 2 unspecified atom stereocenters. The van der Waals surface area contributed by atoms with Crippen molar-refractivity contribution in [3.8, 4) is 0 Å². The van der Waals surface area contributed by atoms with E-state index in [-0.39, 0.29) is 30.0 Å². The zero-order chi connectivity index (χ0) is 22.5. The van der Waals surface area contributed by atoms with Crippen molar-refractivity contribution in [2.45, 2.75) is 19.0 Å². The molecule has 2 amide bonds. The molecule has 0 saturated carbocycles. The Kier molecular flexibility index (Phi) is 6.77. The number of rotatable bonds is 7. The van der Waals surface area contributed by atoms with E-state index in [2.05, 4.69) is 25.7 Å². The van der Waals surface area contributed by atoms with Crippen molar-refractivity contribution in [2.75, 3.05) is 32.8 Å². The average molecular weight is 439 g/mol. The van der Waals surface area contributed by atoms with Crippen molar-refractivity contribution in [3.63, 3.8) is 0 Å². The number of fused-ring (bicyclic) bond motifs is 1. The summed E-state index contributed by atoms with van der Waals surface area (Å²) in [7, 11) is 0. The van der Waals surface area contributed by atoms with E-state index in [0.29, 0.717) is 31.7 Å². The molecule has 2 atom stereocenters. The maximum absolute atomic E-state index is 13.8. The number of nitrogens with one attached hydrogen (secondary N) is 3. The molecule has 1 saturated heterocycles. The van der Waals surface area contributed by atoms with E-state index in [4.69, 9.17) is 4.74 Å². The predicted octanol–water partition coefficient (Wildman–Crippen LogP) is 2.01. The zero-order valence-electron chi connectivity index (χ0n) is 17.8. The topological polar surface area (TPSA) is 99.3 Å². The number of aromatic nitrogens is 2.